The highest BCUT2D eigenvalue weighted by atomic mass is 16.6. The summed E-state index contributed by atoms with van der Waals surface area (Å²) in [5.74, 6) is -0.972. The number of fused-ring (bicyclic) bond motifs is 1. The fourth-order valence-corrected chi connectivity index (χ4v) is 2.39. The number of benzene rings is 1. The van der Waals surface area contributed by atoms with Gasteiger partial charge in [0.25, 0.3) is 0 Å². The van der Waals surface area contributed by atoms with Crippen LogP contribution in [-0.2, 0) is 22.6 Å². The van der Waals surface area contributed by atoms with Crippen molar-refractivity contribution in [3.63, 3.8) is 0 Å². The molecular formula is C17H23N3O5. The summed E-state index contributed by atoms with van der Waals surface area (Å²) < 4.78 is 5.37. The highest BCUT2D eigenvalue weighted by Crippen LogP contribution is 2.27. The summed E-state index contributed by atoms with van der Waals surface area (Å²) >= 11 is 0. The lowest BCUT2D eigenvalue weighted by Crippen LogP contribution is -2.33. The van der Waals surface area contributed by atoms with Crippen LogP contribution in [0.5, 0.6) is 0 Å². The van der Waals surface area contributed by atoms with Gasteiger partial charge >= 0.3 is 18.1 Å². The van der Waals surface area contributed by atoms with E-state index in [4.69, 9.17) is 9.84 Å². The fourth-order valence-electron chi connectivity index (χ4n) is 2.39. The number of carboxylic acids is 1. The number of urea groups is 1. The number of amides is 3. The van der Waals surface area contributed by atoms with E-state index in [2.05, 4.69) is 10.6 Å². The summed E-state index contributed by atoms with van der Waals surface area (Å²) in [4.78, 5) is 35.9. The molecule has 0 aromatic heterocycles. The normalized spacial score (nSPS) is 13.2. The van der Waals surface area contributed by atoms with Crippen LogP contribution in [0.15, 0.2) is 18.2 Å². The Hall–Kier alpha value is -2.77. The third kappa shape index (κ3) is 5.66. The van der Waals surface area contributed by atoms with Crippen molar-refractivity contribution in [3.8, 4) is 0 Å². The van der Waals surface area contributed by atoms with Crippen LogP contribution in [0.4, 0.5) is 15.3 Å². The molecule has 0 saturated carbocycles. The monoisotopic (exact) mass is 349 g/mol. The Morgan fingerprint density at radius 3 is 2.52 bits per heavy atom. The molecule has 0 fully saturated rings. The first kappa shape index (κ1) is 18.6. The number of carbonyl (C=O) groups excluding carboxylic acids is 2. The largest absolute Gasteiger partial charge is 0.481 e. The van der Waals surface area contributed by atoms with Crippen molar-refractivity contribution in [3.05, 3.63) is 29.3 Å². The summed E-state index contributed by atoms with van der Waals surface area (Å²) in [7, 11) is 0. The van der Waals surface area contributed by atoms with Gasteiger partial charge in [-0.2, -0.15) is 0 Å². The van der Waals surface area contributed by atoms with Crippen LogP contribution in [0.3, 0.4) is 0 Å². The molecule has 3 amide bonds. The van der Waals surface area contributed by atoms with Crippen LogP contribution < -0.4 is 10.6 Å². The average molecular weight is 349 g/mol. The zero-order valence-corrected chi connectivity index (χ0v) is 14.6. The summed E-state index contributed by atoms with van der Waals surface area (Å²) in [5, 5.41) is 13.7. The minimum Gasteiger partial charge on any atom is -0.481 e. The van der Waals surface area contributed by atoms with Crippen LogP contribution >= 0.6 is 0 Å². The van der Waals surface area contributed by atoms with Gasteiger partial charge in [0.15, 0.2) is 0 Å². The van der Waals surface area contributed by atoms with E-state index < -0.39 is 17.6 Å². The van der Waals surface area contributed by atoms with Crippen molar-refractivity contribution < 1.29 is 24.2 Å². The Kier molecular flexibility index (Phi) is 5.51. The number of aliphatic carboxylic acids is 1. The van der Waals surface area contributed by atoms with Gasteiger partial charge in [-0.25, -0.2) is 9.59 Å². The van der Waals surface area contributed by atoms with Crippen molar-refractivity contribution in [1.29, 1.82) is 0 Å². The molecule has 0 atom stereocenters. The number of anilines is 1. The minimum absolute atomic E-state index is 0.0541. The average Bonchev–Trinajstić information content (AvgIpc) is 2.88. The topological polar surface area (TPSA) is 108 Å². The van der Waals surface area contributed by atoms with E-state index in [0.29, 0.717) is 18.8 Å². The first-order chi connectivity index (χ1) is 11.6. The zero-order chi connectivity index (χ0) is 18.6. The van der Waals surface area contributed by atoms with Gasteiger partial charge in [-0.15, -0.1) is 0 Å². The number of hydrogen-bond acceptors (Lipinski definition) is 4. The Morgan fingerprint density at radius 1 is 1.20 bits per heavy atom. The van der Waals surface area contributed by atoms with Crippen molar-refractivity contribution in [2.75, 3.05) is 11.9 Å². The predicted octanol–water partition coefficient (Wildman–Crippen LogP) is 2.53. The van der Waals surface area contributed by atoms with Crippen molar-refractivity contribution in [2.24, 2.45) is 0 Å². The Bertz CT molecular complexity index is 681. The standard InChI is InChI=1S/C17H23N3O5/c1-17(2,3)25-16(24)20-9-11-4-5-13(8-12(11)10-20)19-15(23)18-7-6-14(21)22/h4-5,8H,6-7,9-10H2,1-3H3,(H,21,22)(H2,18,19,23). The molecule has 25 heavy (non-hydrogen) atoms. The maximum Gasteiger partial charge on any atom is 0.410 e. The molecule has 136 valence electrons. The van der Waals surface area contributed by atoms with E-state index in [0.717, 1.165) is 11.1 Å². The van der Waals surface area contributed by atoms with E-state index >= 15 is 0 Å². The lowest BCUT2D eigenvalue weighted by Gasteiger charge is -2.24. The maximum atomic E-state index is 12.1. The molecule has 0 unspecified atom stereocenters. The fraction of sp³-hybridized carbons (Fsp3) is 0.471. The highest BCUT2D eigenvalue weighted by Gasteiger charge is 2.27. The second-order valence-corrected chi connectivity index (χ2v) is 6.84. The quantitative estimate of drug-likeness (QED) is 0.774. The summed E-state index contributed by atoms with van der Waals surface area (Å²) in [6.07, 6.45) is -0.507. The minimum atomic E-state index is -0.972. The lowest BCUT2D eigenvalue weighted by atomic mass is 10.1. The Labute approximate surface area is 146 Å². The molecular weight excluding hydrogens is 326 g/mol. The molecule has 8 heteroatoms. The van der Waals surface area contributed by atoms with Crippen LogP contribution in [0.1, 0.15) is 38.3 Å². The zero-order valence-electron chi connectivity index (χ0n) is 14.6. The predicted molar refractivity (Wildman–Crippen MR) is 91.2 cm³/mol. The van der Waals surface area contributed by atoms with Crippen LogP contribution in [0.2, 0.25) is 0 Å². The first-order valence-corrected chi connectivity index (χ1v) is 8.00. The Morgan fingerprint density at radius 2 is 1.88 bits per heavy atom. The van der Waals surface area contributed by atoms with Crippen LogP contribution in [0.25, 0.3) is 0 Å². The molecule has 3 N–H and O–H groups in total. The van der Waals surface area contributed by atoms with Gasteiger partial charge in [-0.05, 0) is 44.0 Å². The molecule has 8 nitrogen and oxygen atoms in total. The number of nitrogens with one attached hydrogen (secondary N) is 2. The second kappa shape index (κ2) is 7.42. The van der Waals surface area contributed by atoms with E-state index in [9.17, 15) is 14.4 Å². The molecule has 0 spiro atoms. The van der Waals surface area contributed by atoms with Gasteiger partial charge in [-0.3, -0.25) is 9.69 Å². The maximum absolute atomic E-state index is 12.1. The highest BCUT2D eigenvalue weighted by molar-refractivity contribution is 5.89. The molecule has 1 aromatic carbocycles. The second-order valence-electron chi connectivity index (χ2n) is 6.84. The van der Waals surface area contributed by atoms with Gasteiger partial charge in [0, 0.05) is 25.3 Å². The van der Waals surface area contributed by atoms with Crippen molar-refractivity contribution in [1.82, 2.24) is 10.2 Å². The number of ether oxygens (including phenoxy) is 1. The molecule has 1 aromatic rings. The number of hydrogen-bond donors (Lipinski definition) is 3. The van der Waals surface area contributed by atoms with Gasteiger partial charge in [0.2, 0.25) is 0 Å². The van der Waals surface area contributed by atoms with E-state index in [-0.39, 0.29) is 19.1 Å². The molecule has 0 radical (unpaired) electrons. The van der Waals surface area contributed by atoms with Crippen LogP contribution in [0, 0.1) is 0 Å². The molecule has 1 aliphatic rings. The number of nitrogens with zero attached hydrogens (tertiary/aromatic N) is 1. The van der Waals surface area contributed by atoms with Gasteiger partial charge in [-0.1, -0.05) is 6.07 Å². The van der Waals surface area contributed by atoms with Crippen molar-refractivity contribution >= 4 is 23.8 Å². The number of carboxylic acid groups (broad SMARTS) is 1. The van der Waals surface area contributed by atoms with Gasteiger partial charge in [0.05, 0.1) is 6.42 Å². The third-order valence-corrected chi connectivity index (χ3v) is 3.46. The SMILES string of the molecule is CC(C)(C)OC(=O)N1Cc2ccc(NC(=O)NCCC(=O)O)cc2C1. The molecule has 0 saturated heterocycles. The first-order valence-electron chi connectivity index (χ1n) is 8.00. The van der Waals surface area contributed by atoms with Crippen LogP contribution in [-0.4, -0.2) is 40.2 Å². The third-order valence-electron chi connectivity index (χ3n) is 3.46. The molecule has 1 heterocycles. The molecule has 1 aliphatic heterocycles. The van der Waals surface area contributed by atoms with Gasteiger partial charge < -0.3 is 20.5 Å². The summed E-state index contributed by atoms with van der Waals surface area (Å²) in [6, 6.07) is 4.93. The van der Waals surface area contributed by atoms with Crippen molar-refractivity contribution in [2.45, 2.75) is 45.9 Å². The van der Waals surface area contributed by atoms with E-state index in [1.54, 1.807) is 17.0 Å². The molecule has 0 bridgehead atoms. The molecule has 0 aliphatic carbocycles. The Balaban J connectivity index is 1.92. The number of carbonyl (C=O) groups is 3. The number of rotatable bonds is 4. The van der Waals surface area contributed by atoms with Gasteiger partial charge in [0.1, 0.15) is 5.60 Å². The van der Waals surface area contributed by atoms with E-state index in [1.165, 1.54) is 0 Å². The van der Waals surface area contributed by atoms with E-state index in [1.807, 2.05) is 26.8 Å². The smallest absolute Gasteiger partial charge is 0.410 e. The summed E-state index contributed by atoms with van der Waals surface area (Å²) in [5.41, 5.74) is 1.97. The molecule has 2 rings (SSSR count). The lowest BCUT2D eigenvalue weighted by molar-refractivity contribution is -0.136. The summed E-state index contributed by atoms with van der Waals surface area (Å²) in [6.45, 7) is 6.39.